The number of nitrogen functional groups attached to an aromatic ring is 1. The van der Waals surface area contributed by atoms with Gasteiger partial charge in [-0.05, 0) is 93.0 Å². The van der Waals surface area contributed by atoms with E-state index >= 15 is 0 Å². The zero-order valence-electron chi connectivity index (χ0n) is 27.9. The molecule has 0 radical (unpaired) electrons. The van der Waals surface area contributed by atoms with Gasteiger partial charge in [-0.25, -0.2) is 18.4 Å². The third-order valence-corrected chi connectivity index (χ3v) is 9.93. The van der Waals surface area contributed by atoms with Gasteiger partial charge in [0.1, 0.15) is 17.5 Å². The van der Waals surface area contributed by atoms with Gasteiger partial charge in [-0.2, -0.15) is 5.10 Å². The molecule has 0 spiro atoms. The van der Waals surface area contributed by atoms with Crippen LogP contribution in [-0.4, -0.2) is 57.9 Å². The van der Waals surface area contributed by atoms with Crippen LogP contribution in [0, 0.1) is 30.4 Å². The van der Waals surface area contributed by atoms with Gasteiger partial charge in [0.25, 0.3) is 0 Å². The second-order valence-electron chi connectivity index (χ2n) is 13.3. The lowest BCUT2D eigenvalue weighted by Gasteiger charge is -2.35. The van der Waals surface area contributed by atoms with Crippen LogP contribution < -0.4 is 25.8 Å². The van der Waals surface area contributed by atoms with E-state index in [4.69, 9.17) is 15.2 Å². The molecule has 49 heavy (non-hydrogen) atoms. The average Bonchev–Trinajstić information content (AvgIpc) is 3.62. The van der Waals surface area contributed by atoms with Crippen molar-refractivity contribution in [3.05, 3.63) is 83.3 Å². The van der Waals surface area contributed by atoms with Crippen LogP contribution in [0.5, 0.6) is 17.4 Å². The Morgan fingerprint density at radius 1 is 0.980 bits per heavy atom. The summed E-state index contributed by atoms with van der Waals surface area (Å²) >= 11 is 0. The van der Waals surface area contributed by atoms with Gasteiger partial charge in [-0.15, -0.1) is 0 Å². The largest absolute Gasteiger partial charge is 0.487 e. The van der Waals surface area contributed by atoms with E-state index in [1.54, 1.807) is 19.2 Å². The minimum atomic E-state index is -0.832. The fraction of sp³-hybridized carbons (Fsp3) is 0.378. The van der Waals surface area contributed by atoms with E-state index in [-0.39, 0.29) is 23.7 Å². The van der Waals surface area contributed by atoms with Crippen LogP contribution in [-0.2, 0) is 0 Å². The van der Waals surface area contributed by atoms with Gasteiger partial charge in [0, 0.05) is 23.9 Å². The van der Waals surface area contributed by atoms with E-state index in [0.717, 1.165) is 74.8 Å². The zero-order valence-corrected chi connectivity index (χ0v) is 27.9. The Labute approximate surface area is 283 Å². The highest BCUT2D eigenvalue weighted by molar-refractivity contribution is 5.99. The van der Waals surface area contributed by atoms with Crippen molar-refractivity contribution in [1.82, 2.24) is 30.0 Å². The number of ether oxygens (including phenoxy) is 2. The molecule has 12 heteroatoms. The Bertz CT molecular complexity index is 1980. The van der Waals surface area contributed by atoms with Crippen LogP contribution >= 0.6 is 0 Å². The molecule has 0 bridgehead atoms. The van der Waals surface area contributed by atoms with Crippen molar-refractivity contribution in [2.45, 2.75) is 52.1 Å². The van der Waals surface area contributed by atoms with Crippen molar-refractivity contribution >= 4 is 23.0 Å². The lowest BCUT2D eigenvalue weighted by molar-refractivity contribution is 0.0762. The Morgan fingerprint density at radius 3 is 2.45 bits per heavy atom. The summed E-state index contributed by atoms with van der Waals surface area (Å²) in [5.41, 5.74) is 10.9. The van der Waals surface area contributed by atoms with E-state index in [2.05, 4.69) is 52.8 Å². The third kappa shape index (κ3) is 6.15. The molecule has 0 amide bonds. The normalized spacial score (nSPS) is 18.7. The summed E-state index contributed by atoms with van der Waals surface area (Å²) in [6, 6.07) is 11.4. The summed E-state index contributed by atoms with van der Waals surface area (Å²) in [7, 11) is 0. The molecule has 256 valence electrons. The Morgan fingerprint density at radius 2 is 1.73 bits per heavy atom. The van der Waals surface area contributed by atoms with Gasteiger partial charge in [-0.3, -0.25) is 9.36 Å². The van der Waals surface area contributed by atoms with Gasteiger partial charge in [0.15, 0.2) is 29.5 Å². The first-order valence-corrected chi connectivity index (χ1v) is 16.9. The van der Waals surface area contributed by atoms with E-state index in [9.17, 15) is 13.6 Å². The lowest BCUT2D eigenvalue weighted by Crippen LogP contribution is -2.45. The second-order valence-corrected chi connectivity index (χ2v) is 13.3. The highest BCUT2D eigenvalue weighted by Gasteiger charge is 2.32. The first kappa shape index (κ1) is 32.7. The number of anilines is 1. The number of aldehydes is 1. The molecule has 2 unspecified atom stereocenters. The predicted molar refractivity (Wildman–Crippen MR) is 184 cm³/mol. The van der Waals surface area contributed by atoms with Crippen LogP contribution in [0.2, 0.25) is 0 Å². The van der Waals surface area contributed by atoms with E-state index in [1.807, 2.05) is 4.57 Å². The van der Waals surface area contributed by atoms with Crippen LogP contribution in [0.3, 0.4) is 0 Å². The fourth-order valence-corrected chi connectivity index (χ4v) is 7.21. The van der Waals surface area contributed by atoms with Crippen molar-refractivity contribution in [2.24, 2.45) is 11.8 Å². The number of aryl methyl sites for hydroxylation is 1. The molecule has 5 aromatic rings. The number of nitrogens with two attached hydrogens (primary N) is 1. The number of halogens is 2. The van der Waals surface area contributed by atoms with Gasteiger partial charge in [-0.1, -0.05) is 26.0 Å². The molecule has 10 nitrogen and oxygen atoms in total. The number of pyridine rings is 1. The maximum absolute atomic E-state index is 14.2. The molecule has 0 saturated carbocycles. The minimum absolute atomic E-state index is 0.0145. The number of benzene rings is 2. The second kappa shape index (κ2) is 13.6. The summed E-state index contributed by atoms with van der Waals surface area (Å²) in [4.78, 5) is 17.3. The van der Waals surface area contributed by atoms with Crippen LogP contribution in [0.15, 0.2) is 54.9 Å². The fourth-order valence-electron chi connectivity index (χ4n) is 7.21. The number of piperidine rings is 2. The van der Waals surface area contributed by atoms with Gasteiger partial charge in [0.2, 0.25) is 11.6 Å². The molecule has 2 atom stereocenters. The maximum atomic E-state index is 14.2. The predicted octanol–water partition coefficient (Wildman–Crippen LogP) is 6.46. The van der Waals surface area contributed by atoms with Crippen LogP contribution in [0.1, 0.15) is 60.6 Å². The minimum Gasteiger partial charge on any atom is -0.487 e. The van der Waals surface area contributed by atoms with E-state index < -0.39 is 17.4 Å². The number of rotatable bonds is 9. The summed E-state index contributed by atoms with van der Waals surface area (Å²) in [6.07, 6.45) is 6.77. The van der Waals surface area contributed by atoms with E-state index in [0.29, 0.717) is 40.2 Å². The smallest absolute Gasteiger partial charge is 0.219 e. The summed E-state index contributed by atoms with van der Waals surface area (Å²) in [6.45, 7) is 9.80. The molecule has 2 saturated heterocycles. The first-order chi connectivity index (χ1) is 23.7. The van der Waals surface area contributed by atoms with E-state index in [1.165, 1.54) is 22.5 Å². The average molecular weight is 670 g/mol. The highest BCUT2D eigenvalue weighted by atomic mass is 19.1. The first-order valence-electron chi connectivity index (χ1n) is 16.9. The van der Waals surface area contributed by atoms with Gasteiger partial charge < -0.3 is 25.8 Å². The summed E-state index contributed by atoms with van der Waals surface area (Å²) < 4.78 is 44.1. The number of carbonyl (C=O) groups excluding carboxylic acids is 1. The molecule has 0 aliphatic carbocycles. The highest BCUT2D eigenvalue weighted by Crippen LogP contribution is 2.41. The Hall–Kier alpha value is -4.81. The number of carbonyl (C=O) groups is 1. The van der Waals surface area contributed by atoms with Crippen molar-refractivity contribution in [1.29, 1.82) is 0 Å². The standard InChI is InChI=1S/C37H41F2N7O3/c1-21(2)26-17-42-14-11-33(26)48-35-25-8-7-24(23-9-12-41-13-10-23)16-29(25)45(32(35)20-47)31-19-44-46(37(31)40)30-18-43-34(15-22(30)3)49-36-27(38)5-4-6-28(36)39/h4-8,15-16,18-21,23,26,33,41-42H,9-14,17,40H2,1-3H3. The number of nitrogens with zero attached hydrogens (tertiary/aromatic N) is 4. The molecule has 5 heterocycles. The quantitative estimate of drug-likeness (QED) is 0.153. The van der Waals surface area contributed by atoms with Gasteiger partial charge >= 0.3 is 0 Å². The molecule has 2 aliphatic heterocycles. The van der Waals surface area contributed by atoms with Gasteiger partial charge in [0.05, 0.1) is 23.6 Å². The number of para-hydroxylation sites is 1. The Kier molecular flexibility index (Phi) is 9.08. The van der Waals surface area contributed by atoms with Crippen LogP contribution in [0.4, 0.5) is 14.6 Å². The van der Waals surface area contributed by atoms with Crippen molar-refractivity contribution in [2.75, 3.05) is 31.9 Å². The van der Waals surface area contributed by atoms with Crippen molar-refractivity contribution in [3.63, 3.8) is 0 Å². The number of aromatic nitrogens is 4. The summed E-state index contributed by atoms with van der Waals surface area (Å²) in [5.74, 6) is -0.292. The Balaban J connectivity index is 1.31. The van der Waals surface area contributed by atoms with Crippen LogP contribution in [0.25, 0.3) is 22.3 Å². The van der Waals surface area contributed by atoms with Crippen molar-refractivity contribution < 1.29 is 23.0 Å². The number of hydrogen-bond acceptors (Lipinski definition) is 8. The van der Waals surface area contributed by atoms with Crippen molar-refractivity contribution in [3.8, 4) is 28.8 Å². The molecule has 2 aromatic carbocycles. The summed E-state index contributed by atoms with van der Waals surface area (Å²) in [5, 5.41) is 12.4. The molecular weight excluding hydrogens is 628 g/mol. The SMILES string of the molecule is Cc1cc(Oc2c(F)cccc2F)ncc1-n1ncc(-n2c(C=O)c(OC3CCNCC3C(C)C)c3ccc(C4CCNCC4)cc32)c1N. The molecule has 2 fully saturated rings. The third-order valence-electron chi connectivity index (χ3n) is 9.93. The molecule has 7 rings (SSSR count). The monoisotopic (exact) mass is 669 g/mol. The molecule has 4 N–H and O–H groups in total. The number of fused-ring (bicyclic) bond motifs is 1. The molecule has 2 aliphatic rings. The topological polar surface area (TPSA) is 121 Å². The maximum Gasteiger partial charge on any atom is 0.219 e. The number of hydrogen-bond donors (Lipinski definition) is 3. The number of nitrogens with one attached hydrogen (secondary N) is 2. The zero-order chi connectivity index (χ0) is 34.2. The lowest BCUT2D eigenvalue weighted by atomic mass is 9.86. The molecule has 3 aromatic heterocycles. The molecular formula is C37H41F2N7O3.